The fraction of sp³-hybridized carbons (Fsp3) is 0.200. The van der Waals surface area contributed by atoms with Gasteiger partial charge < -0.3 is 15.2 Å². The molecule has 0 heterocycles. The smallest absolute Gasteiger partial charge is 0.340 e. The second-order valence-corrected chi connectivity index (χ2v) is 5.51. The van der Waals surface area contributed by atoms with Gasteiger partial charge in [0.1, 0.15) is 0 Å². The zero-order chi connectivity index (χ0) is 18.4. The van der Waals surface area contributed by atoms with Gasteiger partial charge in [0.2, 0.25) is 0 Å². The zero-order valence-electron chi connectivity index (χ0n) is 14.5. The van der Waals surface area contributed by atoms with Gasteiger partial charge in [-0.05, 0) is 38.5 Å². The summed E-state index contributed by atoms with van der Waals surface area (Å²) in [5, 5.41) is 12.7. The minimum absolute atomic E-state index is 0.0970. The van der Waals surface area contributed by atoms with Crippen molar-refractivity contribution < 1.29 is 19.4 Å². The molecule has 2 aromatic carbocycles. The first kappa shape index (κ1) is 18.3. The van der Waals surface area contributed by atoms with Crippen LogP contribution in [0.4, 0.5) is 5.69 Å². The average Bonchev–Trinajstić information content (AvgIpc) is 2.56. The lowest BCUT2D eigenvalue weighted by Crippen LogP contribution is -2.15. The number of hydrogen-bond donors (Lipinski definition) is 2. The largest absolute Gasteiger partial charge is 0.478 e. The molecule has 0 fully saturated rings. The van der Waals surface area contributed by atoms with Crippen LogP contribution >= 0.6 is 0 Å². The molecule has 5 heteroatoms. The van der Waals surface area contributed by atoms with Gasteiger partial charge in [-0.1, -0.05) is 36.4 Å². The van der Waals surface area contributed by atoms with E-state index in [4.69, 9.17) is 4.74 Å². The highest BCUT2D eigenvalue weighted by Gasteiger charge is 2.24. The zero-order valence-corrected chi connectivity index (χ0v) is 14.5. The Hall–Kier alpha value is -3.08. The quantitative estimate of drug-likeness (QED) is 0.612. The third-order valence-electron chi connectivity index (χ3n) is 3.72. The van der Waals surface area contributed by atoms with Gasteiger partial charge in [-0.2, -0.15) is 0 Å². The molecule has 2 aromatic rings. The highest BCUT2D eigenvalue weighted by atomic mass is 16.5. The van der Waals surface area contributed by atoms with Crippen LogP contribution < -0.4 is 5.32 Å². The summed E-state index contributed by atoms with van der Waals surface area (Å²) in [6, 6.07) is 14.4. The van der Waals surface area contributed by atoms with Crippen molar-refractivity contribution in [3.05, 3.63) is 70.9 Å². The molecule has 130 valence electrons. The SMILES string of the molecule is CCOC(=O)C(=C(C)Nc1ccccc1)c1cccc(C)c1C(=O)O. The van der Waals surface area contributed by atoms with Crippen LogP contribution in [0.1, 0.15) is 35.3 Å². The Morgan fingerprint density at radius 2 is 1.76 bits per heavy atom. The third-order valence-corrected chi connectivity index (χ3v) is 3.72. The number of ether oxygens (including phenoxy) is 1. The normalized spacial score (nSPS) is 11.5. The molecule has 0 amide bonds. The fourth-order valence-corrected chi connectivity index (χ4v) is 2.63. The summed E-state index contributed by atoms with van der Waals surface area (Å²) in [5.74, 6) is -1.64. The summed E-state index contributed by atoms with van der Waals surface area (Å²) in [5.41, 5.74) is 2.56. The van der Waals surface area contributed by atoms with Gasteiger partial charge in [-0.25, -0.2) is 9.59 Å². The Morgan fingerprint density at radius 1 is 1.08 bits per heavy atom. The van der Waals surface area contributed by atoms with Crippen molar-refractivity contribution in [2.75, 3.05) is 11.9 Å². The monoisotopic (exact) mass is 339 g/mol. The summed E-state index contributed by atoms with van der Waals surface area (Å²) in [6.07, 6.45) is 0. The fourth-order valence-electron chi connectivity index (χ4n) is 2.63. The second kappa shape index (κ2) is 8.15. The average molecular weight is 339 g/mol. The molecule has 0 unspecified atom stereocenters. The maximum atomic E-state index is 12.5. The molecule has 5 nitrogen and oxygen atoms in total. The number of anilines is 1. The van der Waals surface area contributed by atoms with E-state index in [0.717, 1.165) is 5.69 Å². The molecule has 0 radical (unpaired) electrons. The van der Waals surface area contributed by atoms with Crippen LogP contribution in [0.3, 0.4) is 0 Å². The predicted octanol–water partition coefficient (Wildman–Crippen LogP) is 4.10. The van der Waals surface area contributed by atoms with E-state index in [1.54, 1.807) is 39.0 Å². The number of carboxylic acid groups (broad SMARTS) is 1. The van der Waals surface area contributed by atoms with E-state index in [-0.39, 0.29) is 17.7 Å². The Balaban J connectivity index is 2.62. The van der Waals surface area contributed by atoms with Gasteiger partial charge in [-0.3, -0.25) is 0 Å². The summed E-state index contributed by atoms with van der Waals surface area (Å²) < 4.78 is 5.16. The Bertz CT molecular complexity index is 810. The van der Waals surface area contributed by atoms with E-state index >= 15 is 0 Å². The molecule has 0 saturated carbocycles. The summed E-state index contributed by atoms with van der Waals surface area (Å²) in [4.78, 5) is 24.3. The van der Waals surface area contributed by atoms with Gasteiger partial charge in [0.05, 0.1) is 17.7 Å². The van der Waals surface area contributed by atoms with Crippen LogP contribution in [0.25, 0.3) is 5.57 Å². The number of carboxylic acids is 1. The number of aryl methyl sites for hydroxylation is 1. The van der Waals surface area contributed by atoms with E-state index in [2.05, 4.69) is 5.32 Å². The standard InChI is InChI=1S/C20H21NO4/c1-4-25-20(24)18(14(3)21-15-10-6-5-7-11-15)16-12-8-9-13(2)17(16)19(22)23/h5-12,21H,4H2,1-3H3,(H,22,23). The lowest BCUT2D eigenvalue weighted by molar-refractivity contribution is -0.136. The lowest BCUT2D eigenvalue weighted by Gasteiger charge is -2.16. The molecule has 0 aliphatic heterocycles. The van der Waals surface area contributed by atoms with Gasteiger partial charge in [0, 0.05) is 16.9 Å². The minimum Gasteiger partial charge on any atom is -0.478 e. The molecule has 0 aliphatic rings. The van der Waals surface area contributed by atoms with Crippen LogP contribution in [-0.2, 0) is 9.53 Å². The van der Waals surface area contributed by atoms with Crippen LogP contribution in [0.5, 0.6) is 0 Å². The maximum absolute atomic E-state index is 12.5. The molecular formula is C20H21NO4. The van der Waals surface area contributed by atoms with Crippen molar-refractivity contribution in [3.63, 3.8) is 0 Å². The number of benzene rings is 2. The number of hydrogen-bond acceptors (Lipinski definition) is 4. The van der Waals surface area contributed by atoms with E-state index < -0.39 is 11.9 Å². The van der Waals surface area contributed by atoms with E-state index in [9.17, 15) is 14.7 Å². The van der Waals surface area contributed by atoms with Gasteiger partial charge in [-0.15, -0.1) is 0 Å². The number of rotatable bonds is 6. The third kappa shape index (κ3) is 4.26. The van der Waals surface area contributed by atoms with Gasteiger partial charge >= 0.3 is 11.9 Å². The van der Waals surface area contributed by atoms with Crippen LogP contribution in [0.2, 0.25) is 0 Å². The second-order valence-electron chi connectivity index (χ2n) is 5.51. The summed E-state index contributed by atoms with van der Waals surface area (Å²) in [7, 11) is 0. The van der Waals surface area contributed by atoms with Gasteiger partial charge in [0.25, 0.3) is 0 Å². The highest BCUT2D eigenvalue weighted by molar-refractivity contribution is 6.20. The van der Waals surface area contributed by atoms with Crippen molar-refractivity contribution in [1.29, 1.82) is 0 Å². The molecule has 0 aliphatic carbocycles. The van der Waals surface area contributed by atoms with Crippen LogP contribution in [0.15, 0.2) is 54.2 Å². The first-order valence-corrected chi connectivity index (χ1v) is 7.99. The van der Waals surface area contributed by atoms with Crippen molar-refractivity contribution >= 4 is 23.2 Å². The van der Waals surface area contributed by atoms with Crippen molar-refractivity contribution in [1.82, 2.24) is 0 Å². The molecule has 0 aromatic heterocycles. The number of carbonyl (C=O) groups is 2. The number of para-hydroxylation sites is 1. The molecule has 25 heavy (non-hydrogen) atoms. The topological polar surface area (TPSA) is 75.6 Å². The molecule has 0 atom stereocenters. The van der Waals surface area contributed by atoms with Crippen molar-refractivity contribution in [3.8, 4) is 0 Å². The lowest BCUT2D eigenvalue weighted by atomic mass is 9.94. The molecule has 0 spiro atoms. The Labute approximate surface area is 146 Å². The van der Waals surface area contributed by atoms with E-state index in [0.29, 0.717) is 16.8 Å². The number of esters is 1. The highest BCUT2D eigenvalue weighted by Crippen LogP contribution is 2.27. The predicted molar refractivity (Wildman–Crippen MR) is 97.4 cm³/mol. The van der Waals surface area contributed by atoms with E-state index in [1.807, 2.05) is 30.3 Å². The van der Waals surface area contributed by atoms with Crippen molar-refractivity contribution in [2.45, 2.75) is 20.8 Å². The minimum atomic E-state index is -1.08. The Kier molecular flexibility index (Phi) is 5.95. The molecular weight excluding hydrogens is 318 g/mol. The summed E-state index contributed by atoms with van der Waals surface area (Å²) >= 11 is 0. The number of allylic oxidation sites excluding steroid dienone is 1. The maximum Gasteiger partial charge on any atom is 0.340 e. The number of nitrogens with one attached hydrogen (secondary N) is 1. The van der Waals surface area contributed by atoms with Crippen LogP contribution in [0, 0.1) is 6.92 Å². The van der Waals surface area contributed by atoms with E-state index in [1.165, 1.54) is 0 Å². The summed E-state index contributed by atoms with van der Waals surface area (Å²) in [6.45, 7) is 5.35. The first-order chi connectivity index (χ1) is 12.0. The number of aromatic carboxylic acids is 1. The molecule has 2 N–H and O–H groups in total. The molecule has 0 bridgehead atoms. The Morgan fingerprint density at radius 3 is 2.36 bits per heavy atom. The van der Waals surface area contributed by atoms with Crippen molar-refractivity contribution in [2.24, 2.45) is 0 Å². The number of carbonyl (C=O) groups excluding carboxylic acids is 1. The van der Waals surface area contributed by atoms with Crippen LogP contribution in [-0.4, -0.2) is 23.7 Å². The molecule has 2 rings (SSSR count). The molecule has 0 saturated heterocycles. The first-order valence-electron chi connectivity index (χ1n) is 7.99. The van der Waals surface area contributed by atoms with Gasteiger partial charge in [0.15, 0.2) is 0 Å².